The number of thioether (sulfide) groups is 1. The quantitative estimate of drug-likeness (QED) is 0.643. The predicted octanol–water partition coefficient (Wildman–Crippen LogP) is 1.90. The van der Waals surface area contributed by atoms with Crippen LogP contribution in [0.25, 0.3) is 0 Å². The summed E-state index contributed by atoms with van der Waals surface area (Å²) in [5, 5.41) is 4.55. The number of rotatable bonds is 9. The normalized spacial score (nSPS) is 22.0. The highest BCUT2D eigenvalue weighted by Crippen LogP contribution is 2.15. The lowest BCUT2D eigenvalue weighted by molar-refractivity contribution is 0.0690. The molecule has 1 N–H and O–H groups in total. The predicted molar refractivity (Wildman–Crippen MR) is 73.9 cm³/mol. The van der Waals surface area contributed by atoms with E-state index in [1.54, 1.807) is 7.11 Å². The Kier molecular flexibility index (Phi) is 8.48. The van der Waals surface area contributed by atoms with Crippen LogP contribution in [0.2, 0.25) is 0 Å². The molecular weight excluding hydrogens is 236 g/mol. The Morgan fingerprint density at radius 3 is 2.94 bits per heavy atom. The summed E-state index contributed by atoms with van der Waals surface area (Å²) in [5.74, 6) is 1.16. The number of amidine groups is 1. The Labute approximate surface area is 109 Å². The largest absolute Gasteiger partial charge is 0.382 e. The molecule has 1 rings (SSSR count). The highest BCUT2D eigenvalue weighted by atomic mass is 32.2. The highest BCUT2D eigenvalue weighted by molar-refractivity contribution is 8.14. The maximum Gasteiger partial charge on any atom is 0.156 e. The molecule has 0 saturated carbocycles. The van der Waals surface area contributed by atoms with Crippen LogP contribution in [0.15, 0.2) is 4.99 Å². The SMILES string of the molecule is CCC1CSC(=NCCCCOCCOC)N1. The molecule has 0 aromatic carbocycles. The first-order valence-corrected chi connectivity index (χ1v) is 7.35. The summed E-state index contributed by atoms with van der Waals surface area (Å²) in [6.07, 6.45) is 3.34. The number of hydrogen-bond donors (Lipinski definition) is 1. The Hall–Kier alpha value is -0.260. The van der Waals surface area contributed by atoms with Gasteiger partial charge in [0.15, 0.2) is 5.17 Å². The summed E-state index contributed by atoms with van der Waals surface area (Å²) < 4.78 is 10.3. The first kappa shape index (κ1) is 14.8. The van der Waals surface area contributed by atoms with E-state index in [2.05, 4.69) is 17.2 Å². The van der Waals surface area contributed by atoms with Crippen LogP contribution < -0.4 is 5.32 Å². The van der Waals surface area contributed by atoms with Crippen molar-refractivity contribution in [1.82, 2.24) is 5.32 Å². The van der Waals surface area contributed by atoms with Crippen LogP contribution >= 0.6 is 11.8 Å². The zero-order valence-corrected chi connectivity index (χ0v) is 11.7. The van der Waals surface area contributed by atoms with E-state index < -0.39 is 0 Å². The van der Waals surface area contributed by atoms with Crippen molar-refractivity contribution in [2.45, 2.75) is 32.2 Å². The minimum Gasteiger partial charge on any atom is -0.382 e. The average Bonchev–Trinajstić information content (AvgIpc) is 2.80. The van der Waals surface area contributed by atoms with Gasteiger partial charge in [-0.15, -0.1) is 0 Å². The van der Waals surface area contributed by atoms with Crippen molar-refractivity contribution >= 4 is 16.9 Å². The van der Waals surface area contributed by atoms with Crippen LogP contribution in [0.5, 0.6) is 0 Å². The average molecular weight is 260 g/mol. The summed E-state index contributed by atoms with van der Waals surface area (Å²) >= 11 is 1.84. The van der Waals surface area contributed by atoms with Gasteiger partial charge in [0.1, 0.15) is 0 Å². The number of ether oxygens (including phenoxy) is 2. The van der Waals surface area contributed by atoms with Gasteiger partial charge < -0.3 is 14.8 Å². The molecule has 1 unspecified atom stereocenters. The summed E-state index contributed by atoms with van der Waals surface area (Å²) in [7, 11) is 1.69. The molecule has 1 heterocycles. The number of nitrogens with zero attached hydrogens (tertiary/aromatic N) is 1. The molecule has 0 aromatic heterocycles. The summed E-state index contributed by atoms with van der Waals surface area (Å²) in [4.78, 5) is 4.54. The molecule has 5 heteroatoms. The van der Waals surface area contributed by atoms with Crippen LogP contribution in [-0.4, -0.2) is 50.4 Å². The van der Waals surface area contributed by atoms with Crippen LogP contribution in [-0.2, 0) is 9.47 Å². The molecule has 4 nitrogen and oxygen atoms in total. The Morgan fingerprint density at radius 1 is 1.35 bits per heavy atom. The molecule has 0 aromatic rings. The van der Waals surface area contributed by atoms with Crippen molar-refractivity contribution in [2.75, 3.05) is 39.2 Å². The fraction of sp³-hybridized carbons (Fsp3) is 0.917. The van der Waals surface area contributed by atoms with Gasteiger partial charge in [-0.25, -0.2) is 0 Å². The van der Waals surface area contributed by atoms with Crippen LogP contribution in [0, 0.1) is 0 Å². The van der Waals surface area contributed by atoms with Crippen molar-refractivity contribution in [1.29, 1.82) is 0 Å². The van der Waals surface area contributed by atoms with E-state index in [4.69, 9.17) is 9.47 Å². The lowest BCUT2D eigenvalue weighted by Crippen LogP contribution is -2.25. The Morgan fingerprint density at radius 2 is 2.24 bits per heavy atom. The number of aliphatic imine (C=N–C) groups is 1. The zero-order valence-electron chi connectivity index (χ0n) is 10.9. The van der Waals surface area contributed by atoms with Crippen molar-refractivity contribution < 1.29 is 9.47 Å². The lowest BCUT2D eigenvalue weighted by Gasteiger charge is -2.05. The summed E-state index contributed by atoms with van der Waals surface area (Å²) in [6, 6.07) is 0.621. The molecule has 0 amide bonds. The van der Waals surface area contributed by atoms with Crippen LogP contribution in [0.1, 0.15) is 26.2 Å². The number of methoxy groups -OCH3 is 1. The third-order valence-electron chi connectivity index (χ3n) is 2.63. The molecule has 0 bridgehead atoms. The fourth-order valence-electron chi connectivity index (χ4n) is 1.49. The first-order valence-electron chi connectivity index (χ1n) is 6.37. The molecule has 0 aliphatic carbocycles. The van der Waals surface area contributed by atoms with Gasteiger partial charge in [-0.05, 0) is 19.3 Å². The van der Waals surface area contributed by atoms with Crippen molar-refractivity contribution in [3.8, 4) is 0 Å². The topological polar surface area (TPSA) is 42.9 Å². The third-order valence-corrected chi connectivity index (χ3v) is 3.72. The van der Waals surface area contributed by atoms with E-state index in [9.17, 15) is 0 Å². The fourth-order valence-corrected chi connectivity index (χ4v) is 2.60. The van der Waals surface area contributed by atoms with E-state index in [0.717, 1.165) is 36.9 Å². The number of hydrogen-bond acceptors (Lipinski definition) is 4. The van der Waals surface area contributed by atoms with E-state index in [-0.39, 0.29) is 0 Å². The van der Waals surface area contributed by atoms with Crippen LogP contribution in [0.3, 0.4) is 0 Å². The standard InChI is InChI=1S/C12H24N2O2S/c1-3-11-10-17-12(14-11)13-6-4-5-7-16-9-8-15-2/h11H,3-10H2,1-2H3,(H,13,14). The molecule has 1 aliphatic rings. The van der Waals surface area contributed by atoms with E-state index in [1.807, 2.05) is 11.8 Å². The minimum atomic E-state index is 0.621. The molecular formula is C12H24N2O2S. The Bertz CT molecular complexity index is 225. The van der Waals surface area contributed by atoms with Gasteiger partial charge in [0.25, 0.3) is 0 Å². The third kappa shape index (κ3) is 6.91. The summed E-state index contributed by atoms with van der Waals surface area (Å²) in [6.45, 7) is 5.30. The zero-order chi connectivity index (χ0) is 12.3. The Balaban J connectivity index is 1.92. The second-order valence-corrected chi connectivity index (χ2v) is 5.07. The highest BCUT2D eigenvalue weighted by Gasteiger charge is 2.17. The monoisotopic (exact) mass is 260 g/mol. The van der Waals surface area contributed by atoms with Gasteiger partial charge in [0.05, 0.1) is 13.2 Å². The lowest BCUT2D eigenvalue weighted by atomic mass is 10.3. The van der Waals surface area contributed by atoms with E-state index >= 15 is 0 Å². The van der Waals surface area contributed by atoms with Crippen molar-refractivity contribution in [3.63, 3.8) is 0 Å². The van der Waals surface area contributed by atoms with E-state index in [0.29, 0.717) is 19.3 Å². The van der Waals surface area contributed by atoms with Gasteiger partial charge in [-0.3, -0.25) is 4.99 Å². The van der Waals surface area contributed by atoms with Gasteiger partial charge >= 0.3 is 0 Å². The molecule has 0 radical (unpaired) electrons. The smallest absolute Gasteiger partial charge is 0.156 e. The molecule has 1 atom stereocenters. The summed E-state index contributed by atoms with van der Waals surface area (Å²) in [5.41, 5.74) is 0. The molecule has 17 heavy (non-hydrogen) atoms. The van der Waals surface area contributed by atoms with Gasteiger partial charge in [-0.2, -0.15) is 0 Å². The maximum atomic E-state index is 5.39. The molecule has 1 aliphatic heterocycles. The van der Waals surface area contributed by atoms with Crippen LogP contribution in [0.4, 0.5) is 0 Å². The first-order chi connectivity index (χ1) is 8.36. The molecule has 1 saturated heterocycles. The second kappa shape index (κ2) is 9.74. The van der Waals surface area contributed by atoms with Gasteiger partial charge in [0, 0.05) is 32.1 Å². The molecule has 100 valence electrons. The van der Waals surface area contributed by atoms with E-state index in [1.165, 1.54) is 6.42 Å². The molecule has 1 fully saturated rings. The second-order valence-electron chi connectivity index (χ2n) is 4.06. The molecule has 0 spiro atoms. The maximum absolute atomic E-state index is 5.39. The van der Waals surface area contributed by atoms with Gasteiger partial charge in [-0.1, -0.05) is 18.7 Å². The van der Waals surface area contributed by atoms with Gasteiger partial charge in [0.2, 0.25) is 0 Å². The number of nitrogens with one attached hydrogen (secondary N) is 1. The number of unbranched alkanes of at least 4 members (excludes halogenated alkanes) is 1. The minimum absolute atomic E-state index is 0.621. The van der Waals surface area contributed by atoms with Crippen molar-refractivity contribution in [3.05, 3.63) is 0 Å². The van der Waals surface area contributed by atoms with Crippen molar-refractivity contribution in [2.24, 2.45) is 4.99 Å².